The number of hydrogen-bond donors (Lipinski definition) is 1. The molecule has 0 saturated carbocycles. The number of hydrogen-bond acceptors (Lipinski definition) is 3. The van der Waals surface area contributed by atoms with Crippen molar-refractivity contribution < 1.29 is 0 Å². The van der Waals surface area contributed by atoms with Gasteiger partial charge in [-0.1, -0.05) is 30.7 Å². The van der Waals surface area contributed by atoms with Gasteiger partial charge in [-0.05, 0) is 37.6 Å². The van der Waals surface area contributed by atoms with E-state index in [9.17, 15) is 0 Å². The van der Waals surface area contributed by atoms with Crippen molar-refractivity contribution in [3.63, 3.8) is 0 Å². The molecule has 1 aromatic rings. The van der Waals surface area contributed by atoms with Crippen molar-refractivity contribution in [3.05, 3.63) is 35.4 Å². The van der Waals surface area contributed by atoms with Crippen molar-refractivity contribution in [1.29, 1.82) is 0 Å². The van der Waals surface area contributed by atoms with Crippen LogP contribution >= 0.6 is 11.8 Å². The number of thioether (sulfide) groups is 1. The first-order valence-corrected chi connectivity index (χ1v) is 8.59. The molecule has 2 nitrogen and oxygen atoms in total. The molecule has 1 fully saturated rings. The van der Waals surface area contributed by atoms with Crippen LogP contribution in [-0.4, -0.2) is 36.8 Å². The Kier molecular flexibility index (Phi) is 4.46. The van der Waals surface area contributed by atoms with Gasteiger partial charge in [0, 0.05) is 30.1 Å². The molecule has 1 N–H and O–H groups in total. The van der Waals surface area contributed by atoms with E-state index in [1.165, 1.54) is 48.4 Å². The van der Waals surface area contributed by atoms with Crippen LogP contribution in [0.25, 0.3) is 0 Å². The van der Waals surface area contributed by atoms with Gasteiger partial charge >= 0.3 is 0 Å². The molecule has 0 amide bonds. The third-order valence-electron chi connectivity index (χ3n) is 4.49. The highest BCUT2D eigenvalue weighted by molar-refractivity contribution is 7.98. The van der Waals surface area contributed by atoms with Gasteiger partial charge in [-0.2, -0.15) is 11.8 Å². The van der Waals surface area contributed by atoms with E-state index in [4.69, 9.17) is 0 Å². The second-order valence-electron chi connectivity index (χ2n) is 5.80. The lowest BCUT2D eigenvalue weighted by molar-refractivity contribution is 0.178. The van der Waals surface area contributed by atoms with Gasteiger partial charge < -0.3 is 10.2 Å². The molecule has 3 heteroatoms. The fourth-order valence-corrected chi connectivity index (χ4v) is 4.37. The molecule has 0 radical (unpaired) electrons. The maximum atomic E-state index is 3.82. The van der Waals surface area contributed by atoms with E-state index in [0.717, 1.165) is 12.6 Å². The molecular weight excluding hydrogens is 252 g/mol. The maximum absolute atomic E-state index is 3.82. The number of nitrogens with zero attached hydrogens (tertiary/aromatic N) is 1. The molecule has 3 rings (SSSR count). The summed E-state index contributed by atoms with van der Waals surface area (Å²) >= 11 is 2.06. The molecule has 0 spiro atoms. The Balaban J connectivity index is 1.61. The number of rotatable bonds is 3. The van der Waals surface area contributed by atoms with Crippen molar-refractivity contribution >= 4 is 11.8 Å². The lowest BCUT2D eigenvalue weighted by atomic mass is 10.00. The van der Waals surface area contributed by atoms with Gasteiger partial charge in [0.2, 0.25) is 0 Å². The molecule has 1 saturated heterocycles. The van der Waals surface area contributed by atoms with E-state index in [1.807, 2.05) is 0 Å². The first-order chi connectivity index (χ1) is 9.34. The summed E-state index contributed by atoms with van der Waals surface area (Å²) in [6, 6.07) is 10.2. The highest BCUT2D eigenvalue weighted by Gasteiger charge is 2.23. The van der Waals surface area contributed by atoms with Crippen LogP contribution in [0.1, 0.15) is 36.4 Å². The zero-order chi connectivity index (χ0) is 13.1. The SMILES string of the molecule is CN1CCCCC1CNC1CSCc2ccccc21. The van der Waals surface area contributed by atoms with Crippen LogP contribution in [-0.2, 0) is 5.75 Å². The van der Waals surface area contributed by atoms with Crippen LogP contribution < -0.4 is 5.32 Å². The summed E-state index contributed by atoms with van der Waals surface area (Å²) in [5.41, 5.74) is 3.05. The zero-order valence-electron chi connectivity index (χ0n) is 11.8. The fourth-order valence-electron chi connectivity index (χ4n) is 3.23. The van der Waals surface area contributed by atoms with Crippen molar-refractivity contribution in [2.75, 3.05) is 25.9 Å². The number of benzene rings is 1. The smallest absolute Gasteiger partial charge is 0.0415 e. The minimum absolute atomic E-state index is 0.547. The van der Waals surface area contributed by atoms with Gasteiger partial charge in [0.05, 0.1) is 0 Å². The van der Waals surface area contributed by atoms with E-state index < -0.39 is 0 Å². The van der Waals surface area contributed by atoms with E-state index in [2.05, 4.69) is 53.3 Å². The monoisotopic (exact) mass is 276 g/mol. The number of likely N-dealkylation sites (tertiary alicyclic amines) is 1. The van der Waals surface area contributed by atoms with Gasteiger partial charge in [0.25, 0.3) is 0 Å². The summed E-state index contributed by atoms with van der Waals surface area (Å²) < 4.78 is 0. The van der Waals surface area contributed by atoms with E-state index >= 15 is 0 Å². The van der Waals surface area contributed by atoms with Gasteiger partial charge in [0.1, 0.15) is 0 Å². The summed E-state index contributed by atoms with van der Waals surface area (Å²) in [4.78, 5) is 2.53. The number of piperidine rings is 1. The summed E-state index contributed by atoms with van der Waals surface area (Å²) in [6.45, 7) is 2.40. The minimum atomic E-state index is 0.547. The summed E-state index contributed by atoms with van der Waals surface area (Å²) in [5, 5.41) is 3.82. The highest BCUT2D eigenvalue weighted by Crippen LogP contribution is 2.31. The second kappa shape index (κ2) is 6.29. The molecule has 104 valence electrons. The lowest BCUT2D eigenvalue weighted by Gasteiger charge is -2.35. The van der Waals surface area contributed by atoms with Crippen LogP contribution in [0.4, 0.5) is 0 Å². The van der Waals surface area contributed by atoms with E-state index in [0.29, 0.717) is 6.04 Å². The number of likely N-dealkylation sites (N-methyl/N-ethyl adjacent to an activating group) is 1. The largest absolute Gasteiger partial charge is 0.308 e. The predicted octanol–water partition coefficient (Wildman–Crippen LogP) is 3.05. The molecule has 0 aromatic heterocycles. The van der Waals surface area contributed by atoms with Crippen LogP contribution in [0.15, 0.2) is 24.3 Å². The fraction of sp³-hybridized carbons (Fsp3) is 0.625. The lowest BCUT2D eigenvalue weighted by Crippen LogP contribution is -2.44. The van der Waals surface area contributed by atoms with Crippen molar-refractivity contribution in [2.45, 2.75) is 37.1 Å². The first-order valence-electron chi connectivity index (χ1n) is 7.44. The predicted molar refractivity (Wildman–Crippen MR) is 83.6 cm³/mol. The topological polar surface area (TPSA) is 15.3 Å². The van der Waals surface area contributed by atoms with Crippen molar-refractivity contribution in [3.8, 4) is 0 Å². The minimum Gasteiger partial charge on any atom is -0.308 e. The van der Waals surface area contributed by atoms with Crippen LogP contribution in [0, 0.1) is 0 Å². The molecule has 19 heavy (non-hydrogen) atoms. The van der Waals surface area contributed by atoms with Crippen molar-refractivity contribution in [1.82, 2.24) is 10.2 Å². The van der Waals surface area contributed by atoms with Gasteiger partial charge in [-0.15, -0.1) is 0 Å². The Morgan fingerprint density at radius 2 is 2.21 bits per heavy atom. The standard InChI is InChI=1S/C16H24N2S/c1-18-9-5-4-7-14(18)10-17-16-12-19-11-13-6-2-3-8-15(13)16/h2-3,6,8,14,16-17H,4-5,7,9-12H2,1H3. The normalized spacial score (nSPS) is 28.1. The Morgan fingerprint density at radius 3 is 3.11 bits per heavy atom. The quantitative estimate of drug-likeness (QED) is 0.913. The molecular formula is C16H24N2S. The Bertz CT molecular complexity index is 421. The average Bonchev–Trinajstić information content (AvgIpc) is 2.46. The summed E-state index contributed by atoms with van der Waals surface area (Å²) in [6.07, 6.45) is 4.12. The van der Waals surface area contributed by atoms with Crippen LogP contribution in [0.5, 0.6) is 0 Å². The van der Waals surface area contributed by atoms with Crippen LogP contribution in [0.2, 0.25) is 0 Å². The summed E-state index contributed by atoms with van der Waals surface area (Å²) in [7, 11) is 2.27. The Labute approximate surface area is 121 Å². The molecule has 2 aliphatic heterocycles. The van der Waals surface area contributed by atoms with E-state index in [1.54, 1.807) is 0 Å². The van der Waals surface area contributed by atoms with E-state index in [-0.39, 0.29) is 0 Å². The first kappa shape index (κ1) is 13.5. The van der Waals surface area contributed by atoms with Gasteiger partial charge in [-0.25, -0.2) is 0 Å². The third kappa shape index (κ3) is 3.15. The average molecular weight is 276 g/mol. The Hall–Kier alpha value is -0.510. The third-order valence-corrected chi connectivity index (χ3v) is 5.58. The number of fused-ring (bicyclic) bond motifs is 1. The molecule has 2 atom stereocenters. The summed E-state index contributed by atoms with van der Waals surface area (Å²) in [5.74, 6) is 2.39. The highest BCUT2D eigenvalue weighted by atomic mass is 32.2. The molecule has 2 aliphatic rings. The maximum Gasteiger partial charge on any atom is 0.0415 e. The molecule has 0 bridgehead atoms. The molecule has 0 aliphatic carbocycles. The molecule has 2 heterocycles. The number of nitrogens with one attached hydrogen (secondary N) is 1. The van der Waals surface area contributed by atoms with Gasteiger partial charge in [-0.3, -0.25) is 0 Å². The zero-order valence-corrected chi connectivity index (χ0v) is 12.6. The second-order valence-corrected chi connectivity index (χ2v) is 6.84. The Morgan fingerprint density at radius 1 is 1.32 bits per heavy atom. The molecule has 1 aromatic carbocycles. The van der Waals surface area contributed by atoms with Gasteiger partial charge in [0.15, 0.2) is 0 Å². The van der Waals surface area contributed by atoms with Crippen LogP contribution in [0.3, 0.4) is 0 Å². The molecule has 2 unspecified atom stereocenters. The van der Waals surface area contributed by atoms with Crippen molar-refractivity contribution in [2.24, 2.45) is 0 Å².